The van der Waals surface area contributed by atoms with Crippen molar-refractivity contribution in [2.75, 3.05) is 13.1 Å². The van der Waals surface area contributed by atoms with Gasteiger partial charge in [-0.05, 0) is 55.7 Å². The summed E-state index contributed by atoms with van der Waals surface area (Å²) in [7, 11) is -3.90. The normalized spacial score (nSPS) is 17.6. The van der Waals surface area contributed by atoms with E-state index in [0.29, 0.717) is 31.7 Å². The summed E-state index contributed by atoms with van der Waals surface area (Å²) >= 11 is 0. The van der Waals surface area contributed by atoms with Crippen molar-refractivity contribution < 1.29 is 22.2 Å². The number of nitrogens with one attached hydrogen (secondary N) is 1. The second-order valence-corrected chi connectivity index (χ2v) is 9.47. The van der Waals surface area contributed by atoms with Crippen LogP contribution in [-0.4, -0.2) is 41.9 Å². The highest BCUT2D eigenvalue weighted by Crippen LogP contribution is 2.29. The van der Waals surface area contributed by atoms with Crippen molar-refractivity contribution >= 4 is 28.1 Å². The lowest BCUT2D eigenvalue weighted by molar-refractivity contribution is -0.126. The number of nitrogens with zero attached hydrogens (tertiary/aromatic N) is 3. The van der Waals surface area contributed by atoms with Crippen molar-refractivity contribution in [3.05, 3.63) is 65.7 Å². The third-order valence-corrected chi connectivity index (χ3v) is 7.34. The lowest BCUT2D eigenvalue weighted by Gasteiger charge is -2.31. The first-order valence-corrected chi connectivity index (χ1v) is 11.7. The first-order valence-electron chi connectivity index (χ1n) is 10.3. The molecule has 0 aromatic carbocycles. The maximum Gasteiger partial charge on any atom is 0.248 e. The van der Waals surface area contributed by atoms with Crippen molar-refractivity contribution in [3.8, 4) is 0 Å². The number of aromatic nitrogens is 2. The predicted molar refractivity (Wildman–Crippen MR) is 116 cm³/mol. The first-order chi connectivity index (χ1) is 15.4. The predicted octanol–water partition coefficient (Wildman–Crippen LogP) is 2.86. The molecular formula is C22H24N4O5S. The second kappa shape index (κ2) is 9.49. The van der Waals surface area contributed by atoms with E-state index in [2.05, 4.69) is 15.5 Å². The molecule has 32 heavy (non-hydrogen) atoms. The number of carbonyl (C=O) groups excluding carboxylic acids is 1. The van der Waals surface area contributed by atoms with Gasteiger partial charge in [-0.3, -0.25) is 9.78 Å². The van der Waals surface area contributed by atoms with Crippen LogP contribution in [0.3, 0.4) is 0 Å². The maximum atomic E-state index is 13.4. The molecule has 0 aliphatic carbocycles. The Labute approximate surface area is 186 Å². The highest BCUT2D eigenvalue weighted by Gasteiger charge is 2.36. The quantitative estimate of drug-likeness (QED) is 0.581. The van der Waals surface area contributed by atoms with E-state index in [1.807, 2.05) is 6.07 Å². The van der Waals surface area contributed by atoms with Crippen LogP contribution < -0.4 is 5.32 Å². The lowest BCUT2D eigenvalue weighted by atomic mass is 9.99. The summed E-state index contributed by atoms with van der Waals surface area (Å²) in [6, 6.07) is 7.15. The Hall–Kier alpha value is -3.24. The van der Waals surface area contributed by atoms with Crippen LogP contribution in [0, 0.1) is 12.8 Å². The molecule has 0 saturated carbocycles. The van der Waals surface area contributed by atoms with E-state index in [1.165, 1.54) is 16.6 Å². The molecule has 10 heteroatoms. The molecule has 168 valence electrons. The molecule has 9 nitrogen and oxygen atoms in total. The molecule has 4 heterocycles. The van der Waals surface area contributed by atoms with E-state index >= 15 is 0 Å². The molecule has 0 spiro atoms. The zero-order valence-corrected chi connectivity index (χ0v) is 18.4. The van der Waals surface area contributed by atoms with Gasteiger partial charge in [-0.2, -0.15) is 4.31 Å². The molecule has 4 rings (SSSR count). The largest absolute Gasteiger partial charge is 0.465 e. The van der Waals surface area contributed by atoms with Crippen LogP contribution in [0.2, 0.25) is 0 Å². The van der Waals surface area contributed by atoms with Crippen LogP contribution in [0.4, 0.5) is 0 Å². The Morgan fingerprint density at radius 2 is 2.19 bits per heavy atom. The van der Waals surface area contributed by atoms with Crippen molar-refractivity contribution in [2.24, 2.45) is 5.92 Å². The van der Waals surface area contributed by atoms with Gasteiger partial charge < -0.3 is 14.3 Å². The van der Waals surface area contributed by atoms with Gasteiger partial charge in [0.1, 0.15) is 11.5 Å². The number of furan rings is 1. The fraction of sp³-hybridized carbons (Fsp3) is 0.318. The average molecular weight is 457 g/mol. The van der Waals surface area contributed by atoms with E-state index < -0.39 is 15.9 Å². The van der Waals surface area contributed by atoms with Crippen LogP contribution in [-0.2, 0) is 21.4 Å². The number of hydrogen-bond acceptors (Lipinski definition) is 7. The van der Waals surface area contributed by atoms with Crippen LogP contribution in [0.25, 0.3) is 12.2 Å². The van der Waals surface area contributed by atoms with Crippen LogP contribution >= 0.6 is 0 Å². The summed E-state index contributed by atoms with van der Waals surface area (Å²) in [6.45, 7) is 2.37. The standard InChI is InChI=1S/C22H24N4O5S/c1-16-21(20(31-25-16)9-8-19-7-4-12-30-19)32(28,29)26-11-3-6-18(15-26)22(27)24-14-17-5-2-10-23-13-17/h2,4-5,7-10,12-13,18H,3,6,11,14-15H2,1H3,(H,24,27)/b9-8+/t18-/m1/s1. The van der Waals surface area contributed by atoms with Gasteiger partial charge in [0.05, 0.1) is 12.2 Å². The van der Waals surface area contributed by atoms with Gasteiger partial charge in [0.15, 0.2) is 10.7 Å². The Morgan fingerprint density at radius 3 is 2.94 bits per heavy atom. The smallest absolute Gasteiger partial charge is 0.248 e. The van der Waals surface area contributed by atoms with Crippen LogP contribution in [0.5, 0.6) is 0 Å². The Kier molecular flexibility index (Phi) is 6.52. The van der Waals surface area contributed by atoms with Gasteiger partial charge in [0.25, 0.3) is 0 Å². The summed E-state index contributed by atoms with van der Waals surface area (Å²) < 4.78 is 38.7. The Balaban J connectivity index is 1.48. The number of rotatable bonds is 7. The number of amides is 1. The number of carbonyl (C=O) groups is 1. The summed E-state index contributed by atoms with van der Waals surface area (Å²) in [5.41, 5.74) is 1.15. The molecule has 1 aliphatic heterocycles. The van der Waals surface area contributed by atoms with Crippen molar-refractivity contribution in [1.29, 1.82) is 0 Å². The van der Waals surface area contributed by atoms with Gasteiger partial charge in [-0.1, -0.05) is 11.2 Å². The van der Waals surface area contributed by atoms with Crippen molar-refractivity contribution in [2.45, 2.75) is 31.2 Å². The molecule has 1 saturated heterocycles. The SMILES string of the molecule is Cc1noc(/C=C/c2ccco2)c1S(=O)(=O)N1CCC[C@@H](C(=O)NCc2cccnc2)C1. The minimum absolute atomic E-state index is 0.0109. The van der Waals surface area contributed by atoms with Gasteiger partial charge >= 0.3 is 0 Å². The van der Waals surface area contributed by atoms with Gasteiger partial charge in [0.2, 0.25) is 15.9 Å². The zero-order valence-electron chi connectivity index (χ0n) is 17.6. The molecule has 0 unspecified atom stereocenters. The molecule has 1 aliphatic rings. The van der Waals surface area contributed by atoms with E-state index in [1.54, 1.807) is 43.6 Å². The third kappa shape index (κ3) is 4.81. The van der Waals surface area contributed by atoms with Crippen LogP contribution in [0.1, 0.15) is 35.6 Å². The topological polar surface area (TPSA) is 119 Å². The Bertz CT molecular complexity index is 1190. The highest BCUT2D eigenvalue weighted by molar-refractivity contribution is 7.89. The molecule has 1 N–H and O–H groups in total. The van der Waals surface area contributed by atoms with Crippen molar-refractivity contribution in [3.63, 3.8) is 0 Å². The van der Waals surface area contributed by atoms with Gasteiger partial charge in [-0.15, -0.1) is 0 Å². The Morgan fingerprint density at radius 1 is 1.31 bits per heavy atom. The lowest BCUT2D eigenvalue weighted by Crippen LogP contribution is -2.45. The zero-order chi connectivity index (χ0) is 22.6. The minimum atomic E-state index is -3.90. The molecule has 0 bridgehead atoms. The number of aryl methyl sites for hydroxylation is 1. The summed E-state index contributed by atoms with van der Waals surface area (Å²) in [4.78, 5) is 16.7. The molecular weight excluding hydrogens is 432 g/mol. The number of piperidine rings is 1. The van der Waals surface area contributed by atoms with Crippen LogP contribution in [0.15, 0.2) is 56.8 Å². The van der Waals surface area contributed by atoms with E-state index in [-0.39, 0.29) is 28.8 Å². The minimum Gasteiger partial charge on any atom is -0.465 e. The van der Waals surface area contributed by atoms with E-state index in [0.717, 1.165) is 5.56 Å². The van der Waals surface area contributed by atoms with Gasteiger partial charge in [-0.25, -0.2) is 8.42 Å². The first kappa shape index (κ1) is 22.0. The van der Waals surface area contributed by atoms with E-state index in [4.69, 9.17) is 8.94 Å². The average Bonchev–Trinajstić information content (AvgIpc) is 3.46. The van der Waals surface area contributed by atoms with Gasteiger partial charge in [0, 0.05) is 32.0 Å². The van der Waals surface area contributed by atoms with Crippen molar-refractivity contribution in [1.82, 2.24) is 19.8 Å². The summed E-state index contributed by atoms with van der Waals surface area (Å²) in [6.07, 6.45) is 9.23. The number of pyridine rings is 1. The fourth-order valence-electron chi connectivity index (χ4n) is 3.68. The van der Waals surface area contributed by atoms with E-state index in [9.17, 15) is 13.2 Å². The molecule has 0 radical (unpaired) electrons. The third-order valence-electron chi connectivity index (χ3n) is 5.32. The molecule has 3 aromatic heterocycles. The number of hydrogen-bond donors (Lipinski definition) is 1. The summed E-state index contributed by atoms with van der Waals surface area (Å²) in [5, 5.41) is 6.73. The monoisotopic (exact) mass is 456 g/mol. The molecule has 3 aromatic rings. The molecule has 1 amide bonds. The number of sulfonamides is 1. The maximum absolute atomic E-state index is 13.4. The molecule has 1 atom stereocenters. The highest BCUT2D eigenvalue weighted by atomic mass is 32.2. The molecule has 1 fully saturated rings. The second-order valence-electron chi connectivity index (χ2n) is 7.59. The summed E-state index contributed by atoms with van der Waals surface area (Å²) in [5.74, 6) is 0.0824. The fourth-order valence-corrected chi connectivity index (χ4v) is 5.46.